The second kappa shape index (κ2) is 7.53. The van der Waals surface area contributed by atoms with Crippen molar-refractivity contribution >= 4 is 5.91 Å². The molecule has 0 aromatic carbocycles. The van der Waals surface area contributed by atoms with Crippen molar-refractivity contribution < 1.29 is 18.7 Å². The van der Waals surface area contributed by atoms with Crippen LogP contribution in [-0.2, 0) is 4.79 Å². The van der Waals surface area contributed by atoms with Gasteiger partial charge in [-0.05, 0) is 6.54 Å². The van der Waals surface area contributed by atoms with E-state index in [9.17, 15) is 13.6 Å². The average molecular weight is 224 g/mol. The number of amides is 1. The molecule has 0 spiro atoms. The Bertz CT molecular complexity index is 191. The molecule has 1 amide bonds. The van der Waals surface area contributed by atoms with Gasteiger partial charge in [-0.25, -0.2) is 8.78 Å². The first-order valence-electron chi connectivity index (χ1n) is 4.93. The van der Waals surface area contributed by atoms with E-state index >= 15 is 0 Å². The molecule has 0 aliphatic rings. The lowest BCUT2D eigenvalue weighted by atomic mass is 10.1. The quantitative estimate of drug-likeness (QED) is 0.569. The highest BCUT2D eigenvalue weighted by Crippen LogP contribution is 1.99. The molecule has 15 heavy (non-hydrogen) atoms. The van der Waals surface area contributed by atoms with Gasteiger partial charge in [-0.2, -0.15) is 0 Å². The van der Waals surface area contributed by atoms with Crippen LogP contribution in [0.5, 0.6) is 0 Å². The number of alkyl halides is 2. The molecule has 4 nitrogen and oxygen atoms in total. The van der Waals surface area contributed by atoms with Crippen LogP contribution in [0.2, 0.25) is 0 Å². The van der Waals surface area contributed by atoms with Gasteiger partial charge >= 0.3 is 0 Å². The lowest BCUT2D eigenvalue weighted by Crippen LogP contribution is -2.40. The molecule has 0 bridgehead atoms. The van der Waals surface area contributed by atoms with Crippen molar-refractivity contribution in [1.29, 1.82) is 0 Å². The molecular formula is C9H18F2N2O2. The van der Waals surface area contributed by atoms with E-state index in [1.54, 1.807) is 6.92 Å². The number of nitrogens with one attached hydrogen (secondary N) is 2. The summed E-state index contributed by atoms with van der Waals surface area (Å²) in [6.45, 7) is 4.43. The molecular weight excluding hydrogens is 206 g/mol. The maximum atomic E-state index is 11.9. The highest BCUT2D eigenvalue weighted by molar-refractivity contribution is 5.78. The van der Waals surface area contributed by atoms with Gasteiger partial charge in [0.05, 0.1) is 0 Å². The number of halogens is 2. The molecule has 6 heteroatoms. The van der Waals surface area contributed by atoms with Crippen molar-refractivity contribution in [2.24, 2.45) is 5.92 Å². The number of hydrogen-bond donors (Lipinski definition) is 3. The minimum atomic E-state index is -2.82. The summed E-state index contributed by atoms with van der Waals surface area (Å²) in [5.41, 5.74) is 0. The van der Waals surface area contributed by atoms with Crippen molar-refractivity contribution in [3.63, 3.8) is 0 Å². The number of rotatable bonds is 7. The first kappa shape index (κ1) is 14.2. The third kappa shape index (κ3) is 6.35. The predicted molar refractivity (Wildman–Crippen MR) is 52.7 cm³/mol. The zero-order valence-corrected chi connectivity index (χ0v) is 8.96. The third-order valence-electron chi connectivity index (χ3n) is 1.92. The van der Waals surface area contributed by atoms with Crippen LogP contribution >= 0.6 is 0 Å². The summed E-state index contributed by atoms with van der Waals surface area (Å²) < 4.78 is 23.7. The Hall–Kier alpha value is -0.750. The molecule has 0 aromatic heterocycles. The van der Waals surface area contributed by atoms with Crippen LogP contribution in [0.25, 0.3) is 0 Å². The van der Waals surface area contributed by atoms with Crippen molar-refractivity contribution in [2.45, 2.75) is 26.4 Å². The Labute approximate surface area is 88.0 Å². The number of carbonyl (C=O) groups excluding carboxylic acids is 1. The van der Waals surface area contributed by atoms with Crippen molar-refractivity contribution in [3.8, 4) is 0 Å². The zero-order valence-electron chi connectivity index (χ0n) is 8.96. The summed E-state index contributed by atoms with van der Waals surface area (Å²) in [6.07, 6.45) is -4.62. The lowest BCUT2D eigenvalue weighted by molar-refractivity contribution is -0.125. The normalized spacial score (nSPS) is 15.1. The maximum Gasteiger partial charge on any atom is 0.265 e. The largest absolute Gasteiger partial charge is 0.385 e. The minimum Gasteiger partial charge on any atom is -0.385 e. The van der Waals surface area contributed by atoms with Crippen LogP contribution in [-0.4, -0.2) is 43.2 Å². The molecule has 0 rings (SSSR count). The number of hydrogen-bond acceptors (Lipinski definition) is 3. The van der Waals surface area contributed by atoms with Gasteiger partial charge in [0.25, 0.3) is 6.43 Å². The van der Waals surface area contributed by atoms with Crippen LogP contribution in [0.3, 0.4) is 0 Å². The van der Waals surface area contributed by atoms with Crippen molar-refractivity contribution in [3.05, 3.63) is 0 Å². The second-order valence-electron chi connectivity index (χ2n) is 3.36. The Morgan fingerprint density at radius 3 is 2.47 bits per heavy atom. The van der Waals surface area contributed by atoms with Gasteiger partial charge in [0.2, 0.25) is 5.91 Å². The smallest absolute Gasteiger partial charge is 0.265 e. The van der Waals surface area contributed by atoms with Crippen molar-refractivity contribution in [2.75, 3.05) is 19.6 Å². The van der Waals surface area contributed by atoms with E-state index < -0.39 is 19.1 Å². The van der Waals surface area contributed by atoms with Crippen LogP contribution in [0.4, 0.5) is 8.78 Å². The topological polar surface area (TPSA) is 61.4 Å². The molecule has 0 heterocycles. The van der Waals surface area contributed by atoms with E-state index in [2.05, 4.69) is 10.6 Å². The summed E-state index contributed by atoms with van der Waals surface area (Å²) in [6, 6.07) is 0. The predicted octanol–water partition coefficient (Wildman–Crippen LogP) is -0.0258. The first-order valence-corrected chi connectivity index (χ1v) is 4.93. The standard InChI is InChI=1S/C9H18F2N2O2/c1-3-12-4-6(2)9(15)13-5-7(14)8(10)11/h6-8,12,14H,3-5H2,1-2H3,(H,13,15). The molecule has 0 radical (unpaired) electrons. The molecule has 2 atom stereocenters. The minimum absolute atomic E-state index is 0.296. The summed E-state index contributed by atoms with van der Waals surface area (Å²) >= 11 is 0. The summed E-state index contributed by atoms with van der Waals surface area (Å²) in [5.74, 6) is -0.634. The van der Waals surface area contributed by atoms with Gasteiger partial charge in [0, 0.05) is 19.0 Å². The van der Waals surface area contributed by atoms with Gasteiger partial charge in [-0.1, -0.05) is 13.8 Å². The number of carbonyl (C=O) groups is 1. The Kier molecular flexibility index (Phi) is 7.15. The molecule has 0 aromatic rings. The molecule has 0 saturated carbocycles. The van der Waals surface area contributed by atoms with E-state index in [4.69, 9.17) is 5.11 Å². The molecule has 0 saturated heterocycles. The van der Waals surface area contributed by atoms with Gasteiger partial charge < -0.3 is 15.7 Å². The fourth-order valence-corrected chi connectivity index (χ4v) is 0.922. The van der Waals surface area contributed by atoms with E-state index in [1.165, 1.54) is 0 Å². The fraction of sp³-hybridized carbons (Fsp3) is 0.889. The maximum absolute atomic E-state index is 11.9. The second-order valence-corrected chi connectivity index (χ2v) is 3.36. The SMILES string of the molecule is CCNCC(C)C(=O)NCC(O)C(F)F. The van der Waals surface area contributed by atoms with Crippen LogP contribution in [0.1, 0.15) is 13.8 Å². The number of aliphatic hydroxyl groups is 1. The first-order chi connectivity index (χ1) is 6.99. The van der Waals surface area contributed by atoms with Crippen LogP contribution in [0, 0.1) is 5.92 Å². The van der Waals surface area contributed by atoms with Gasteiger partial charge in [-0.3, -0.25) is 4.79 Å². The van der Waals surface area contributed by atoms with Gasteiger partial charge in [0.15, 0.2) is 0 Å². The third-order valence-corrected chi connectivity index (χ3v) is 1.92. The lowest BCUT2D eigenvalue weighted by Gasteiger charge is -2.14. The van der Waals surface area contributed by atoms with Gasteiger partial charge in [0.1, 0.15) is 6.10 Å². The van der Waals surface area contributed by atoms with Crippen LogP contribution in [0.15, 0.2) is 0 Å². The van der Waals surface area contributed by atoms with E-state index in [0.29, 0.717) is 6.54 Å². The number of aliphatic hydroxyl groups excluding tert-OH is 1. The van der Waals surface area contributed by atoms with Crippen LogP contribution < -0.4 is 10.6 Å². The Balaban J connectivity index is 3.73. The molecule has 3 N–H and O–H groups in total. The van der Waals surface area contributed by atoms with E-state index in [-0.39, 0.29) is 11.8 Å². The van der Waals surface area contributed by atoms with E-state index in [1.807, 2.05) is 6.92 Å². The highest BCUT2D eigenvalue weighted by Gasteiger charge is 2.19. The zero-order chi connectivity index (χ0) is 11.8. The molecule has 0 aliphatic carbocycles. The average Bonchev–Trinajstić information content (AvgIpc) is 2.21. The Morgan fingerprint density at radius 2 is 2.00 bits per heavy atom. The summed E-state index contributed by atoms with van der Waals surface area (Å²) in [5, 5.41) is 14.0. The highest BCUT2D eigenvalue weighted by atomic mass is 19.3. The van der Waals surface area contributed by atoms with E-state index in [0.717, 1.165) is 6.54 Å². The Morgan fingerprint density at radius 1 is 1.40 bits per heavy atom. The monoisotopic (exact) mass is 224 g/mol. The fourth-order valence-electron chi connectivity index (χ4n) is 0.922. The van der Waals surface area contributed by atoms with Gasteiger partial charge in [-0.15, -0.1) is 0 Å². The molecule has 0 aliphatic heterocycles. The summed E-state index contributed by atoms with van der Waals surface area (Å²) in [7, 11) is 0. The molecule has 90 valence electrons. The molecule has 2 unspecified atom stereocenters. The van der Waals surface area contributed by atoms with Crippen molar-refractivity contribution in [1.82, 2.24) is 10.6 Å². The summed E-state index contributed by atoms with van der Waals surface area (Å²) in [4.78, 5) is 11.3. The molecule has 0 fully saturated rings.